The first kappa shape index (κ1) is 16.3. The number of halogens is 2. The van der Waals surface area contributed by atoms with E-state index in [-0.39, 0.29) is 18.3 Å². The summed E-state index contributed by atoms with van der Waals surface area (Å²) >= 11 is 0. The molecule has 2 heterocycles. The number of hydrogen-bond acceptors (Lipinski definition) is 3. The highest BCUT2D eigenvalue weighted by Crippen LogP contribution is 2.66. The van der Waals surface area contributed by atoms with Crippen LogP contribution >= 0.6 is 0 Å². The Hall–Kier alpha value is -1.62. The van der Waals surface area contributed by atoms with E-state index in [9.17, 15) is 4.39 Å². The number of benzene rings is 1. The molecule has 1 saturated heterocycles. The molecule has 1 spiro atoms. The van der Waals surface area contributed by atoms with Crippen molar-refractivity contribution < 1.29 is 18.3 Å². The van der Waals surface area contributed by atoms with E-state index in [1.165, 1.54) is 25.3 Å². The standard InChI is InChI=1S/C22H25F2NO2/c1-26-16-6-5-14-11-17-22(24)8-7-15(23)20-21(22,18(14)19(16)27-20)9-10-25(17)12-13-3-2-4-13/h5-7,13,17,20H,2-4,8-12H2,1H3/t17-,20+,21+,22-/m1/s1. The van der Waals surface area contributed by atoms with Crippen molar-refractivity contribution in [1.29, 1.82) is 0 Å². The summed E-state index contributed by atoms with van der Waals surface area (Å²) in [5.41, 5.74) is -0.402. The number of piperidine rings is 1. The Morgan fingerprint density at radius 2 is 2.19 bits per heavy atom. The van der Waals surface area contributed by atoms with E-state index in [4.69, 9.17) is 9.47 Å². The fourth-order valence-corrected chi connectivity index (χ4v) is 6.53. The van der Waals surface area contributed by atoms with Gasteiger partial charge in [-0.2, -0.15) is 0 Å². The zero-order valence-corrected chi connectivity index (χ0v) is 15.6. The van der Waals surface area contributed by atoms with E-state index in [2.05, 4.69) is 4.90 Å². The lowest BCUT2D eigenvalue weighted by Gasteiger charge is -2.61. The first-order valence-electron chi connectivity index (χ1n) is 10.2. The zero-order chi connectivity index (χ0) is 18.4. The molecule has 1 saturated carbocycles. The Kier molecular flexibility index (Phi) is 3.18. The van der Waals surface area contributed by atoms with Crippen molar-refractivity contribution in [3.63, 3.8) is 0 Å². The third kappa shape index (κ3) is 1.80. The molecule has 1 aromatic carbocycles. The molecule has 144 valence electrons. The lowest BCUT2D eigenvalue weighted by molar-refractivity contribution is -0.123. The van der Waals surface area contributed by atoms with E-state index < -0.39 is 17.2 Å². The molecule has 5 aliphatic rings. The molecule has 0 N–H and O–H groups in total. The predicted octanol–water partition coefficient (Wildman–Crippen LogP) is 4.09. The summed E-state index contributed by atoms with van der Waals surface area (Å²) in [4.78, 5) is 2.37. The molecule has 0 radical (unpaired) electrons. The van der Waals surface area contributed by atoms with Gasteiger partial charge < -0.3 is 9.47 Å². The third-order valence-electron chi connectivity index (χ3n) is 8.04. The number of hydrogen-bond donors (Lipinski definition) is 0. The molecule has 5 heteroatoms. The summed E-state index contributed by atoms with van der Waals surface area (Å²) in [6.07, 6.45) is 5.80. The van der Waals surface area contributed by atoms with Crippen LogP contribution in [0.5, 0.6) is 11.5 Å². The average Bonchev–Trinajstić information content (AvgIpc) is 2.98. The van der Waals surface area contributed by atoms with E-state index in [0.717, 1.165) is 24.2 Å². The molecule has 1 aromatic rings. The lowest BCUT2D eigenvalue weighted by Crippen LogP contribution is -2.73. The summed E-state index contributed by atoms with van der Waals surface area (Å²) in [5.74, 6) is 1.53. The van der Waals surface area contributed by atoms with E-state index in [1.807, 2.05) is 12.1 Å². The molecule has 0 aromatic heterocycles. The summed E-state index contributed by atoms with van der Waals surface area (Å²) in [5, 5.41) is 0. The molecule has 6 rings (SSSR count). The van der Waals surface area contributed by atoms with Crippen molar-refractivity contribution >= 4 is 0 Å². The minimum absolute atomic E-state index is 0.140. The molecule has 3 nitrogen and oxygen atoms in total. The van der Waals surface area contributed by atoms with E-state index in [0.29, 0.717) is 30.3 Å². The van der Waals surface area contributed by atoms with Crippen LogP contribution < -0.4 is 9.47 Å². The van der Waals surface area contributed by atoms with E-state index in [1.54, 1.807) is 7.11 Å². The smallest absolute Gasteiger partial charge is 0.166 e. The van der Waals surface area contributed by atoms with Crippen LogP contribution in [0.25, 0.3) is 0 Å². The fourth-order valence-electron chi connectivity index (χ4n) is 6.53. The quantitative estimate of drug-likeness (QED) is 0.797. The first-order chi connectivity index (χ1) is 13.1. The van der Waals surface area contributed by atoms with Gasteiger partial charge in [0.15, 0.2) is 17.6 Å². The monoisotopic (exact) mass is 373 g/mol. The van der Waals surface area contributed by atoms with Gasteiger partial charge in [-0.1, -0.05) is 12.5 Å². The van der Waals surface area contributed by atoms with Crippen LogP contribution in [0, 0.1) is 5.92 Å². The topological polar surface area (TPSA) is 21.7 Å². The Morgan fingerprint density at radius 3 is 2.93 bits per heavy atom. The molecule has 27 heavy (non-hydrogen) atoms. The van der Waals surface area contributed by atoms with Gasteiger partial charge in [-0.15, -0.1) is 0 Å². The van der Waals surface area contributed by atoms with Gasteiger partial charge >= 0.3 is 0 Å². The molecule has 2 fully saturated rings. The molecular weight excluding hydrogens is 348 g/mol. The highest BCUT2D eigenvalue weighted by Gasteiger charge is 2.73. The van der Waals surface area contributed by atoms with Crippen LogP contribution in [0.1, 0.15) is 43.2 Å². The van der Waals surface area contributed by atoms with Gasteiger partial charge in [0.1, 0.15) is 11.5 Å². The highest BCUT2D eigenvalue weighted by atomic mass is 19.1. The van der Waals surface area contributed by atoms with Gasteiger partial charge in [0.25, 0.3) is 0 Å². The van der Waals surface area contributed by atoms with Crippen LogP contribution in [0.3, 0.4) is 0 Å². The largest absolute Gasteiger partial charge is 0.493 e. The number of methoxy groups -OCH3 is 1. The summed E-state index contributed by atoms with van der Waals surface area (Å²) in [6.45, 7) is 1.79. The number of likely N-dealkylation sites (tertiary alicyclic amines) is 1. The van der Waals surface area contributed by atoms with Crippen molar-refractivity contribution in [3.8, 4) is 11.5 Å². The minimum atomic E-state index is -1.49. The van der Waals surface area contributed by atoms with Crippen LogP contribution in [0.2, 0.25) is 0 Å². The second kappa shape index (κ2) is 5.25. The van der Waals surface area contributed by atoms with Crippen LogP contribution in [-0.4, -0.2) is 42.9 Å². The van der Waals surface area contributed by atoms with Gasteiger partial charge in [0, 0.05) is 24.6 Å². The Morgan fingerprint density at radius 1 is 1.33 bits per heavy atom. The van der Waals surface area contributed by atoms with Gasteiger partial charge in [-0.05, 0) is 55.9 Å². The highest BCUT2D eigenvalue weighted by molar-refractivity contribution is 5.64. The van der Waals surface area contributed by atoms with Gasteiger partial charge in [0.2, 0.25) is 0 Å². The fraction of sp³-hybridized carbons (Fsp3) is 0.636. The Labute approximate surface area is 158 Å². The SMILES string of the molecule is COc1ccc2c3c1O[C@H]1C(F)=CC[C@@]4(F)[C@@H](C2)N(CC2CCC2)CC[C@]314. The molecule has 2 aliphatic heterocycles. The van der Waals surface area contributed by atoms with Crippen molar-refractivity contribution in [1.82, 2.24) is 4.90 Å². The van der Waals surface area contributed by atoms with Crippen molar-refractivity contribution in [3.05, 3.63) is 35.2 Å². The minimum Gasteiger partial charge on any atom is -0.493 e. The van der Waals surface area contributed by atoms with Crippen LogP contribution in [0.4, 0.5) is 8.78 Å². The number of ether oxygens (including phenoxy) is 2. The zero-order valence-electron chi connectivity index (χ0n) is 15.6. The lowest BCUT2D eigenvalue weighted by atomic mass is 9.51. The van der Waals surface area contributed by atoms with E-state index >= 15 is 4.39 Å². The normalized spacial score (nSPS) is 39.3. The summed E-state index contributed by atoms with van der Waals surface area (Å²) in [7, 11) is 1.59. The number of nitrogens with zero attached hydrogens (tertiary/aromatic N) is 1. The second-order valence-corrected chi connectivity index (χ2v) is 9.02. The maximum atomic E-state index is 16.9. The number of rotatable bonds is 3. The Balaban J connectivity index is 1.54. The third-order valence-corrected chi connectivity index (χ3v) is 8.04. The molecule has 0 unspecified atom stereocenters. The average molecular weight is 373 g/mol. The number of alkyl halides is 1. The summed E-state index contributed by atoms with van der Waals surface area (Å²) < 4.78 is 43.4. The van der Waals surface area contributed by atoms with Crippen molar-refractivity contribution in [2.24, 2.45) is 5.92 Å². The Bertz CT molecular complexity index is 851. The molecule has 2 bridgehead atoms. The molecule has 4 atom stereocenters. The molecule has 3 aliphatic carbocycles. The van der Waals surface area contributed by atoms with Gasteiger partial charge in [-0.25, -0.2) is 8.78 Å². The van der Waals surface area contributed by atoms with Crippen molar-refractivity contribution in [2.75, 3.05) is 20.2 Å². The maximum Gasteiger partial charge on any atom is 0.166 e. The predicted molar refractivity (Wildman–Crippen MR) is 97.8 cm³/mol. The van der Waals surface area contributed by atoms with Gasteiger partial charge in [-0.3, -0.25) is 4.90 Å². The van der Waals surface area contributed by atoms with Crippen LogP contribution in [0.15, 0.2) is 24.0 Å². The first-order valence-corrected chi connectivity index (χ1v) is 10.2. The van der Waals surface area contributed by atoms with Gasteiger partial charge in [0.05, 0.1) is 12.5 Å². The molecular formula is C22H25F2NO2. The second-order valence-electron chi connectivity index (χ2n) is 9.02. The maximum absolute atomic E-state index is 16.9. The molecule has 0 amide bonds. The van der Waals surface area contributed by atoms with Crippen molar-refractivity contribution in [2.45, 2.75) is 61.8 Å². The van der Waals surface area contributed by atoms with Crippen LogP contribution in [-0.2, 0) is 11.8 Å². The summed E-state index contributed by atoms with van der Waals surface area (Å²) in [6, 6.07) is 3.73. The number of allylic oxidation sites excluding steroid dienone is 1.